The Bertz CT molecular complexity index is 2110. The molecule has 4 atom stereocenters. The molecule has 0 amide bonds. The van der Waals surface area contributed by atoms with E-state index in [1.165, 1.54) is 0 Å². The Balaban J connectivity index is 0.00000137. The molecule has 4 unspecified atom stereocenters. The normalized spacial score (nSPS) is 14.2. The van der Waals surface area contributed by atoms with Crippen LogP contribution >= 0.6 is 0 Å². The molecule has 600 valence electrons. The van der Waals surface area contributed by atoms with Crippen LogP contribution < -0.4 is 21.0 Å². The summed E-state index contributed by atoms with van der Waals surface area (Å²) >= 11 is 0. The van der Waals surface area contributed by atoms with Crippen molar-refractivity contribution in [2.24, 2.45) is 0 Å². The van der Waals surface area contributed by atoms with Gasteiger partial charge in [0.05, 0.1) is 79.3 Å². The largest absolute Gasteiger partial charge is 4.00 e. The number of hydrogen-bond donors (Lipinski definition) is 0. The maximum Gasteiger partial charge on any atom is 4.00 e. The summed E-state index contributed by atoms with van der Waals surface area (Å²) in [7, 11) is 0. The number of unbranched alkanes of at least 4 members (excludes halogenated alkanes) is 12. The molecular formula is C84H140O20Zr. The molecule has 0 aliphatic heterocycles. The standard InChI is InChI=1S/4C21H36O5.Zr/c4*1-5-8-16-23-21(24-17-9-6-2,25-18-10-7-3)20(4,26-22)19-14-12-11-13-15-19;/h4*11-15,22H,5-10,16-18H2,1-4H3;/q;;;;+4/p-4. The summed E-state index contributed by atoms with van der Waals surface area (Å²) in [4.78, 5) is 19.0. The zero-order chi connectivity index (χ0) is 77.2. The van der Waals surface area contributed by atoms with Crippen LogP contribution in [0, 0.1) is 0 Å². The Morgan fingerprint density at radius 1 is 0.200 bits per heavy atom. The van der Waals surface area contributed by atoms with E-state index in [1.54, 1.807) is 27.7 Å². The fourth-order valence-electron chi connectivity index (χ4n) is 10.5. The molecule has 0 spiro atoms. The molecule has 4 rings (SSSR count). The van der Waals surface area contributed by atoms with Crippen LogP contribution in [0.4, 0.5) is 0 Å². The van der Waals surface area contributed by atoms with Gasteiger partial charge in [0.2, 0.25) is 0 Å². The third-order valence-corrected chi connectivity index (χ3v) is 17.8. The number of benzene rings is 4. The smallest absolute Gasteiger partial charge is 0.722 e. The van der Waals surface area contributed by atoms with Gasteiger partial charge < -0.3 is 97.4 Å². The quantitative estimate of drug-likeness (QED) is 0.0173. The molecule has 0 heterocycles. The summed E-state index contributed by atoms with van der Waals surface area (Å²) in [5.74, 6) is -6.30. The van der Waals surface area contributed by atoms with Crippen LogP contribution in [-0.2, 0) is 125 Å². The Labute approximate surface area is 653 Å². The van der Waals surface area contributed by atoms with E-state index in [0.717, 1.165) is 154 Å². The number of hydrogen-bond acceptors (Lipinski definition) is 20. The first-order chi connectivity index (χ1) is 50.4. The van der Waals surface area contributed by atoms with E-state index in [1.807, 2.05) is 121 Å². The van der Waals surface area contributed by atoms with Crippen molar-refractivity contribution < 1.29 is 124 Å². The van der Waals surface area contributed by atoms with Gasteiger partial charge >= 0.3 is 50.1 Å². The van der Waals surface area contributed by atoms with Crippen molar-refractivity contribution in [3.63, 3.8) is 0 Å². The van der Waals surface area contributed by atoms with Gasteiger partial charge in [-0.25, -0.2) is 0 Å². The molecule has 0 fully saturated rings. The summed E-state index contributed by atoms with van der Waals surface area (Å²) in [5, 5.41) is 47.8. The molecule has 105 heavy (non-hydrogen) atoms. The first-order valence-corrected chi connectivity index (χ1v) is 39.5. The van der Waals surface area contributed by atoms with Crippen molar-refractivity contribution >= 4 is 0 Å². The van der Waals surface area contributed by atoms with Crippen molar-refractivity contribution in [2.45, 2.75) is 311 Å². The van der Waals surface area contributed by atoms with Gasteiger partial charge in [-0.05, 0) is 127 Å². The Hall–Kier alpha value is -3.04. The van der Waals surface area contributed by atoms with E-state index in [2.05, 4.69) is 83.1 Å². The predicted octanol–water partition coefficient (Wildman–Crippen LogP) is 17.2. The molecule has 0 saturated carbocycles. The molecule has 4 aromatic rings. The summed E-state index contributed by atoms with van der Waals surface area (Å²) in [5.41, 5.74) is -3.04. The Morgan fingerprint density at radius 3 is 0.390 bits per heavy atom. The van der Waals surface area contributed by atoms with Crippen LogP contribution in [0.3, 0.4) is 0 Å². The first-order valence-electron chi connectivity index (χ1n) is 39.5. The molecule has 4 aromatic carbocycles. The summed E-state index contributed by atoms with van der Waals surface area (Å²) < 4.78 is 73.3. The molecule has 0 aliphatic rings. The minimum atomic E-state index is -1.57. The zero-order valence-electron chi connectivity index (χ0n) is 67.7. The van der Waals surface area contributed by atoms with Crippen LogP contribution in [0.5, 0.6) is 0 Å². The second-order valence-corrected chi connectivity index (χ2v) is 26.6. The Morgan fingerprint density at radius 2 is 0.305 bits per heavy atom. The fraction of sp³-hybridized carbons (Fsp3) is 0.714. The third kappa shape index (κ3) is 33.1. The molecule has 0 aliphatic carbocycles. The van der Waals surface area contributed by atoms with Crippen LogP contribution in [-0.4, -0.2) is 103 Å². The minimum Gasteiger partial charge on any atom is -0.722 e. The molecule has 0 radical (unpaired) electrons. The van der Waals surface area contributed by atoms with Gasteiger partial charge in [0.1, 0.15) is 0 Å². The number of ether oxygens (including phenoxy) is 12. The van der Waals surface area contributed by atoms with Crippen LogP contribution in [0.1, 0.15) is 287 Å². The van der Waals surface area contributed by atoms with Gasteiger partial charge in [0.15, 0.2) is 22.4 Å². The maximum absolute atomic E-state index is 12.0. The maximum atomic E-state index is 12.0. The third-order valence-electron chi connectivity index (χ3n) is 17.8. The molecule has 21 heteroatoms. The topological polar surface area (TPSA) is 240 Å². The van der Waals surface area contributed by atoms with E-state index in [-0.39, 0.29) is 26.2 Å². The second-order valence-electron chi connectivity index (χ2n) is 26.6. The molecule has 0 aromatic heterocycles. The SMILES string of the molecule is CCCCOC(OCCCC)(OCCCC)C(C)(O[O-])c1ccccc1.CCCCOC(OCCCC)(OCCCC)C(C)(O[O-])c1ccccc1.CCCCOC(OCCCC)(OCCCC)C(C)(O[O-])c1ccccc1.CCCCOC(OCCCC)(OCCCC)C(C)(O[O-])c1ccccc1.[Zr+4]. The second kappa shape index (κ2) is 60.7. The van der Waals surface area contributed by atoms with Gasteiger partial charge in [-0.2, -0.15) is 0 Å². The molecule has 0 N–H and O–H groups in total. The van der Waals surface area contributed by atoms with E-state index >= 15 is 0 Å². The zero-order valence-corrected chi connectivity index (χ0v) is 70.1. The number of rotatable bonds is 60. The van der Waals surface area contributed by atoms with E-state index < -0.39 is 46.3 Å². The van der Waals surface area contributed by atoms with Crippen LogP contribution in [0.15, 0.2) is 121 Å². The van der Waals surface area contributed by atoms with Crippen molar-refractivity contribution in [1.82, 2.24) is 0 Å². The van der Waals surface area contributed by atoms with Crippen molar-refractivity contribution in [1.29, 1.82) is 0 Å². The van der Waals surface area contributed by atoms with Crippen molar-refractivity contribution in [2.75, 3.05) is 79.3 Å². The average molecular weight is 1560 g/mol. The summed E-state index contributed by atoms with van der Waals surface area (Å²) in [6, 6.07) is 37.2. The molecule has 20 nitrogen and oxygen atoms in total. The predicted molar refractivity (Wildman–Crippen MR) is 401 cm³/mol. The van der Waals surface area contributed by atoms with E-state index in [9.17, 15) is 21.0 Å². The van der Waals surface area contributed by atoms with Gasteiger partial charge in [-0.15, -0.1) is 0 Å². The van der Waals surface area contributed by atoms with E-state index in [4.69, 9.17) is 76.4 Å². The van der Waals surface area contributed by atoms with Crippen molar-refractivity contribution in [3.8, 4) is 0 Å². The van der Waals surface area contributed by atoms with Crippen molar-refractivity contribution in [3.05, 3.63) is 144 Å². The van der Waals surface area contributed by atoms with Gasteiger partial charge in [0, 0.05) is 0 Å². The monoisotopic (exact) mass is 1560 g/mol. The molecule has 0 bridgehead atoms. The average Bonchev–Trinajstić information content (AvgIpc) is 0.787. The molecule has 0 saturated heterocycles. The minimum absolute atomic E-state index is 0. The van der Waals surface area contributed by atoms with Gasteiger partial charge in [-0.3, -0.25) is 0 Å². The summed E-state index contributed by atoms with van der Waals surface area (Å²) in [6.45, 7) is 36.9. The fourth-order valence-corrected chi connectivity index (χ4v) is 10.5. The summed E-state index contributed by atoms with van der Waals surface area (Å²) in [6.07, 6.45) is 21.8. The molecular weight excluding hydrogens is 1420 g/mol. The van der Waals surface area contributed by atoms with Gasteiger partial charge in [0.25, 0.3) is 0 Å². The van der Waals surface area contributed by atoms with E-state index in [0.29, 0.717) is 102 Å². The van der Waals surface area contributed by atoms with Crippen LogP contribution in [0.25, 0.3) is 0 Å². The first kappa shape index (κ1) is 102. The van der Waals surface area contributed by atoms with Crippen LogP contribution in [0.2, 0.25) is 0 Å². The van der Waals surface area contributed by atoms with Gasteiger partial charge in [-0.1, -0.05) is 281 Å². The Kier molecular flexibility index (Phi) is 58.9.